The lowest BCUT2D eigenvalue weighted by molar-refractivity contribution is -0.139. The van der Waals surface area contributed by atoms with Crippen LogP contribution in [0.15, 0.2) is 11.8 Å². The number of aliphatic hydroxyl groups is 2. The molecule has 0 spiro atoms. The van der Waals surface area contributed by atoms with Crippen molar-refractivity contribution in [3.8, 4) is 12.1 Å². The van der Waals surface area contributed by atoms with Gasteiger partial charge >= 0.3 is 6.80 Å². The average molecular weight is 446 g/mol. The number of aliphatic hydroxyl groups excluding tert-OH is 2. The first kappa shape index (κ1) is 23.6. The maximum absolute atomic E-state index is 12.8. The molecule has 1 saturated heterocycles. The third-order valence-electron chi connectivity index (χ3n) is 4.10. The Morgan fingerprint density at radius 1 is 1.34 bits per heavy atom. The summed E-state index contributed by atoms with van der Waals surface area (Å²) >= 11 is 0.817. The molecule has 11 nitrogen and oxygen atoms in total. The van der Waals surface area contributed by atoms with Gasteiger partial charge in [-0.05, 0) is 18.3 Å². The molecule has 0 saturated carbocycles. The first-order chi connectivity index (χ1) is 13.8. The van der Waals surface area contributed by atoms with Crippen LogP contribution in [-0.2, 0) is 23.1 Å². The van der Waals surface area contributed by atoms with E-state index in [0.717, 1.165) is 11.4 Å². The zero-order valence-electron chi connectivity index (χ0n) is 15.8. The van der Waals surface area contributed by atoms with Crippen LogP contribution >= 0.6 is 18.2 Å². The summed E-state index contributed by atoms with van der Waals surface area (Å²) in [7, 11) is 0. The molecular formula is C16H23N4O7PS. The number of nitriles is 2. The summed E-state index contributed by atoms with van der Waals surface area (Å²) in [4.78, 5) is 12.9. The lowest BCUT2D eigenvalue weighted by Gasteiger charge is -2.35. The highest BCUT2D eigenvalue weighted by Gasteiger charge is 2.41. The molecule has 160 valence electrons. The maximum atomic E-state index is 12.8. The van der Waals surface area contributed by atoms with E-state index in [0.29, 0.717) is 5.57 Å². The van der Waals surface area contributed by atoms with Crippen molar-refractivity contribution in [2.45, 2.75) is 51.0 Å². The summed E-state index contributed by atoms with van der Waals surface area (Å²) in [6, 6.07) is 3.74. The first-order valence-corrected chi connectivity index (χ1v) is 12.0. The van der Waals surface area contributed by atoms with Gasteiger partial charge < -0.3 is 25.2 Å². The Bertz CT molecular complexity index is 729. The monoisotopic (exact) mass is 446 g/mol. The van der Waals surface area contributed by atoms with Crippen LogP contribution in [0, 0.1) is 22.7 Å². The molecule has 0 aromatic heterocycles. The van der Waals surface area contributed by atoms with Crippen molar-refractivity contribution in [3.05, 3.63) is 11.8 Å². The van der Waals surface area contributed by atoms with Crippen LogP contribution < -0.4 is 5.32 Å². The predicted molar refractivity (Wildman–Crippen MR) is 101 cm³/mol. The summed E-state index contributed by atoms with van der Waals surface area (Å²) in [5, 5.41) is 39.9. The largest absolute Gasteiger partial charge is 0.390 e. The number of carbonyl (C=O) groups is 1. The van der Waals surface area contributed by atoms with Crippen LogP contribution in [0.1, 0.15) is 26.2 Å². The number of rotatable bonds is 10. The number of hydrogen-bond acceptors (Lipinski definition) is 11. The normalized spacial score (nSPS) is 27.1. The third kappa shape index (κ3) is 6.69. The van der Waals surface area contributed by atoms with E-state index in [1.54, 1.807) is 6.92 Å². The van der Waals surface area contributed by atoms with Crippen molar-refractivity contribution in [1.29, 1.82) is 10.5 Å². The fourth-order valence-electron chi connectivity index (χ4n) is 2.63. The van der Waals surface area contributed by atoms with Gasteiger partial charge in [-0.25, -0.2) is 4.57 Å². The van der Waals surface area contributed by atoms with Crippen molar-refractivity contribution in [1.82, 2.24) is 10.2 Å². The maximum Gasteiger partial charge on any atom is 0.389 e. The molecule has 4 atom stereocenters. The summed E-state index contributed by atoms with van der Waals surface area (Å²) < 4.78 is 29.0. The van der Waals surface area contributed by atoms with Crippen LogP contribution in [0.4, 0.5) is 0 Å². The van der Waals surface area contributed by atoms with Gasteiger partial charge in [0.1, 0.15) is 6.23 Å². The lowest BCUT2D eigenvalue weighted by Crippen LogP contribution is -2.53. The predicted octanol–water partition coefficient (Wildman–Crippen LogP) is 0.776. The SMILES string of the molecule is CC1=CN(C2CC(O)C(CSP(=O)(OCCC#N)OCCC#N)O2)C(O)NC1=O. The van der Waals surface area contributed by atoms with Crippen molar-refractivity contribution >= 4 is 24.1 Å². The molecule has 1 fully saturated rings. The minimum absolute atomic E-state index is 0.0288. The van der Waals surface area contributed by atoms with Gasteiger partial charge in [0.05, 0.1) is 50.4 Å². The molecule has 0 aromatic rings. The van der Waals surface area contributed by atoms with Gasteiger partial charge in [-0.1, -0.05) is 0 Å². The highest BCUT2D eigenvalue weighted by Crippen LogP contribution is 2.61. The third-order valence-corrected chi connectivity index (χ3v) is 7.92. The molecule has 0 aliphatic carbocycles. The second-order valence-electron chi connectivity index (χ2n) is 6.26. The molecular weight excluding hydrogens is 423 g/mol. The van der Waals surface area contributed by atoms with Gasteiger partial charge in [0, 0.05) is 23.9 Å². The van der Waals surface area contributed by atoms with Gasteiger partial charge in [0.2, 0.25) is 6.35 Å². The van der Waals surface area contributed by atoms with Crippen LogP contribution in [0.5, 0.6) is 0 Å². The Morgan fingerprint density at radius 2 is 1.97 bits per heavy atom. The fourth-order valence-corrected chi connectivity index (χ4v) is 6.00. The minimum atomic E-state index is -3.65. The topological polar surface area (TPSA) is 165 Å². The Morgan fingerprint density at radius 3 is 2.55 bits per heavy atom. The number of amides is 1. The van der Waals surface area contributed by atoms with E-state index in [4.69, 9.17) is 24.3 Å². The van der Waals surface area contributed by atoms with E-state index in [2.05, 4.69) is 5.32 Å². The standard InChI is InChI=1S/C16H23N4O7PS/c1-11-9-20(16(23)19-15(11)22)14-8-12(21)13(27-14)10-29-28(24,25-6-2-4-17)26-7-3-5-18/h9,12-14,16,21,23H,2-3,6-8,10H2,1H3,(H,19,22). The summed E-state index contributed by atoms with van der Waals surface area (Å²) in [6.45, 7) is -2.24. The number of nitrogens with zero attached hydrogens (tertiary/aromatic N) is 3. The summed E-state index contributed by atoms with van der Waals surface area (Å²) in [6.07, 6.45) is -1.94. The molecule has 0 aromatic carbocycles. The molecule has 1 amide bonds. The molecule has 4 unspecified atom stereocenters. The quantitative estimate of drug-likeness (QED) is 0.320. The van der Waals surface area contributed by atoms with Crippen molar-refractivity contribution in [2.24, 2.45) is 0 Å². The highest BCUT2D eigenvalue weighted by molar-refractivity contribution is 8.55. The summed E-state index contributed by atoms with van der Waals surface area (Å²) in [5.74, 6) is -0.336. The van der Waals surface area contributed by atoms with Crippen molar-refractivity contribution in [2.75, 3.05) is 19.0 Å². The first-order valence-electron chi connectivity index (χ1n) is 8.85. The minimum Gasteiger partial charge on any atom is -0.390 e. The number of ether oxygens (including phenoxy) is 1. The Labute approximate surface area is 172 Å². The van der Waals surface area contributed by atoms with E-state index in [1.807, 2.05) is 12.1 Å². The lowest BCUT2D eigenvalue weighted by atomic mass is 10.2. The molecule has 0 radical (unpaired) electrons. The fraction of sp³-hybridized carbons (Fsp3) is 0.688. The van der Waals surface area contributed by atoms with E-state index in [1.165, 1.54) is 11.1 Å². The zero-order valence-corrected chi connectivity index (χ0v) is 17.5. The molecule has 0 bridgehead atoms. The molecule has 2 aliphatic heterocycles. The van der Waals surface area contributed by atoms with Gasteiger partial charge in [0.15, 0.2) is 0 Å². The van der Waals surface area contributed by atoms with Crippen LogP contribution in [-0.4, -0.2) is 64.8 Å². The van der Waals surface area contributed by atoms with E-state index >= 15 is 0 Å². The Hall–Kier alpha value is -1.63. The smallest absolute Gasteiger partial charge is 0.389 e. The van der Waals surface area contributed by atoms with Crippen LogP contribution in [0.3, 0.4) is 0 Å². The van der Waals surface area contributed by atoms with E-state index < -0.39 is 37.5 Å². The average Bonchev–Trinajstić information content (AvgIpc) is 3.04. The van der Waals surface area contributed by atoms with Crippen LogP contribution in [0.2, 0.25) is 0 Å². The molecule has 2 heterocycles. The highest BCUT2D eigenvalue weighted by atomic mass is 32.7. The number of hydrogen-bond donors (Lipinski definition) is 3. The molecule has 3 N–H and O–H groups in total. The van der Waals surface area contributed by atoms with E-state index in [9.17, 15) is 19.6 Å². The second kappa shape index (κ2) is 11.0. The summed E-state index contributed by atoms with van der Waals surface area (Å²) in [5.41, 5.74) is 0.382. The van der Waals surface area contributed by atoms with Crippen molar-refractivity contribution in [3.63, 3.8) is 0 Å². The van der Waals surface area contributed by atoms with Gasteiger partial charge in [-0.2, -0.15) is 10.5 Å². The Kier molecular flexibility index (Phi) is 8.93. The number of nitrogens with one attached hydrogen (secondary N) is 1. The van der Waals surface area contributed by atoms with Gasteiger partial charge in [0.25, 0.3) is 5.91 Å². The number of carbonyl (C=O) groups excluding carboxylic acids is 1. The van der Waals surface area contributed by atoms with Gasteiger partial charge in [-0.15, -0.1) is 0 Å². The van der Waals surface area contributed by atoms with Crippen molar-refractivity contribution < 1.29 is 33.4 Å². The molecule has 2 rings (SSSR count). The van der Waals surface area contributed by atoms with Crippen LogP contribution in [0.25, 0.3) is 0 Å². The molecule has 13 heteroatoms. The van der Waals surface area contributed by atoms with Gasteiger partial charge in [-0.3, -0.25) is 13.8 Å². The second-order valence-corrected chi connectivity index (χ2v) is 10.4. The molecule has 29 heavy (non-hydrogen) atoms. The zero-order chi connectivity index (χ0) is 21.4. The molecule has 2 aliphatic rings. The Balaban J connectivity index is 1.96. The van der Waals surface area contributed by atoms with E-state index in [-0.39, 0.29) is 38.2 Å².